The van der Waals surface area contributed by atoms with Crippen molar-refractivity contribution >= 4 is 28.9 Å². The van der Waals surface area contributed by atoms with Crippen LogP contribution in [0.2, 0.25) is 5.02 Å². The lowest BCUT2D eigenvalue weighted by atomic mass is 10.2. The van der Waals surface area contributed by atoms with E-state index in [0.29, 0.717) is 36.9 Å². The number of ether oxygens (including phenoxy) is 1. The van der Waals surface area contributed by atoms with Gasteiger partial charge < -0.3 is 14.5 Å². The minimum atomic E-state index is -0.380. The highest BCUT2D eigenvalue weighted by Gasteiger charge is 2.25. The summed E-state index contributed by atoms with van der Waals surface area (Å²) < 4.78 is 5.50. The molecule has 27 heavy (non-hydrogen) atoms. The second-order valence-electron chi connectivity index (χ2n) is 6.20. The average Bonchev–Trinajstić information content (AvgIpc) is 2.69. The van der Waals surface area contributed by atoms with Gasteiger partial charge >= 0.3 is 0 Å². The minimum Gasteiger partial charge on any atom is -0.367 e. The zero-order valence-corrected chi connectivity index (χ0v) is 15.5. The Morgan fingerprint density at radius 3 is 2.44 bits per heavy atom. The van der Waals surface area contributed by atoms with Gasteiger partial charge in [-0.3, -0.25) is 14.9 Å². The second-order valence-corrected chi connectivity index (χ2v) is 6.61. The molecule has 142 valence electrons. The van der Waals surface area contributed by atoms with E-state index >= 15 is 0 Å². The summed E-state index contributed by atoms with van der Waals surface area (Å²) in [5.41, 5.74) is 1.51. The van der Waals surface area contributed by atoms with Gasteiger partial charge in [-0.05, 0) is 17.7 Å². The molecule has 1 aliphatic heterocycles. The number of benzene rings is 2. The molecule has 8 heteroatoms. The first-order chi connectivity index (χ1) is 13.1. The van der Waals surface area contributed by atoms with Crippen molar-refractivity contribution < 1.29 is 14.5 Å². The monoisotopic (exact) mass is 389 g/mol. The van der Waals surface area contributed by atoms with Crippen LogP contribution in [0, 0.1) is 10.1 Å². The third-order valence-corrected chi connectivity index (χ3v) is 4.86. The summed E-state index contributed by atoms with van der Waals surface area (Å²) in [5.74, 6) is -0.0933. The van der Waals surface area contributed by atoms with Gasteiger partial charge in [0.25, 0.3) is 5.69 Å². The van der Waals surface area contributed by atoms with Crippen LogP contribution in [0.3, 0.4) is 0 Å². The number of hydrogen-bond donors (Lipinski definition) is 0. The molecule has 1 heterocycles. The molecule has 0 unspecified atom stereocenters. The van der Waals surface area contributed by atoms with E-state index in [4.69, 9.17) is 16.3 Å². The fourth-order valence-electron chi connectivity index (χ4n) is 3.04. The van der Waals surface area contributed by atoms with Crippen molar-refractivity contribution in [2.45, 2.75) is 6.61 Å². The quantitative estimate of drug-likeness (QED) is 0.560. The van der Waals surface area contributed by atoms with Crippen LogP contribution < -0.4 is 4.90 Å². The molecule has 0 radical (unpaired) electrons. The molecule has 1 aliphatic rings. The first kappa shape index (κ1) is 19.1. The van der Waals surface area contributed by atoms with Crippen LogP contribution in [0.5, 0.6) is 0 Å². The van der Waals surface area contributed by atoms with Crippen molar-refractivity contribution in [3.05, 3.63) is 69.2 Å². The lowest BCUT2D eigenvalue weighted by molar-refractivity contribution is -0.384. The number of nitro groups is 1. The number of halogens is 1. The second kappa shape index (κ2) is 8.83. The highest BCUT2D eigenvalue weighted by molar-refractivity contribution is 6.31. The Morgan fingerprint density at radius 2 is 1.74 bits per heavy atom. The molecule has 0 aromatic heterocycles. The summed E-state index contributed by atoms with van der Waals surface area (Å²) in [6.45, 7) is 2.35. The van der Waals surface area contributed by atoms with Crippen LogP contribution in [-0.2, 0) is 16.1 Å². The number of para-hydroxylation sites is 2. The number of carbonyl (C=O) groups is 1. The van der Waals surface area contributed by atoms with E-state index in [0.717, 1.165) is 5.56 Å². The highest BCUT2D eigenvalue weighted by Crippen LogP contribution is 2.28. The Labute approximate surface area is 162 Å². The van der Waals surface area contributed by atoms with E-state index in [1.54, 1.807) is 29.2 Å². The maximum absolute atomic E-state index is 12.3. The lowest BCUT2D eigenvalue weighted by Gasteiger charge is -2.35. The summed E-state index contributed by atoms with van der Waals surface area (Å²) >= 11 is 6.07. The Hall–Kier alpha value is -2.64. The van der Waals surface area contributed by atoms with E-state index in [2.05, 4.69) is 0 Å². The molecule has 0 aliphatic carbocycles. The number of nitrogens with zero attached hydrogens (tertiary/aromatic N) is 3. The van der Waals surface area contributed by atoms with Crippen molar-refractivity contribution in [1.29, 1.82) is 0 Å². The molecule has 1 saturated heterocycles. The normalized spacial score (nSPS) is 14.3. The molecule has 0 spiro atoms. The number of rotatable bonds is 6. The number of anilines is 1. The van der Waals surface area contributed by atoms with Gasteiger partial charge in [-0.25, -0.2) is 0 Å². The number of nitro benzene ring substituents is 1. The lowest BCUT2D eigenvalue weighted by Crippen LogP contribution is -2.49. The molecule has 0 bridgehead atoms. The predicted octanol–water partition coefficient (Wildman–Crippen LogP) is 3.11. The van der Waals surface area contributed by atoms with Crippen LogP contribution in [0.25, 0.3) is 0 Å². The summed E-state index contributed by atoms with van der Waals surface area (Å²) in [6, 6.07) is 14.0. The predicted molar refractivity (Wildman–Crippen MR) is 103 cm³/mol. The molecular weight excluding hydrogens is 370 g/mol. The largest absolute Gasteiger partial charge is 0.367 e. The number of carbonyl (C=O) groups excluding carboxylic acids is 1. The van der Waals surface area contributed by atoms with Gasteiger partial charge in [0.15, 0.2) is 0 Å². The van der Waals surface area contributed by atoms with Gasteiger partial charge in [0.1, 0.15) is 12.3 Å². The standard InChI is InChI=1S/C19H20ClN3O4/c20-16-6-2-1-5-15(16)13-27-14-19(24)22-11-9-21(10-12-22)17-7-3-4-8-18(17)23(25)26/h1-8H,9-14H2. The first-order valence-corrected chi connectivity index (χ1v) is 9.01. The topological polar surface area (TPSA) is 75.9 Å². The van der Waals surface area contributed by atoms with Gasteiger partial charge in [-0.2, -0.15) is 0 Å². The summed E-state index contributed by atoms with van der Waals surface area (Å²) in [4.78, 5) is 26.8. The van der Waals surface area contributed by atoms with E-state index in [-0.39, 0.29) is 29.7 Å². The maximum atomic E-state index is 12.3. The van der Waals surface area contributed by atoms with E-state index in [9.17, 15) is 14.9 Å². The zero-order valence-electron chi connectivity index (χ0n) is 14.7. The molecule has 0 atom stereocenters. The molecule has 1 fully saturated rings. The first-order valence-electron chi connectivity index (χ1n) is 8.63. The van der Waals surface area contributed by atoms with E-state index in [1.807, 2.05) is 23.1 Å². The smallest absolute Gasteiger partial charge is 0.292 e. The Morgan fingerprint density at radius 1 is 1.07 bits per heavy atom. The Kier molecular flexibility index (Phi) is 6.26. The molecule has 2 aromatic carbocycles. The summed E-state index contributed by atoms with van der Waals surface area (Å²) in [7, 11) is 0. The van der Waals surface area contributed by atoms with Gasteiger partial charge in [-0.15, -0.1) is 0 Å². The number of hydrogen-bond acceptors (Lipinski definition) is 5. The van der Waals surface area contributed by atoms with Crippen molar-refractivity contribution in [2.75, 3.05) is 37.7 Å². The van der Waals surface area contributed by atoms with Crippen molar-refractivity contribution in [1.82, 2.24) is 4.90 Å². The van der Waals surface area contributed by atoms with Crippen LogP contribution in [0.4, 0.5) is 11.4 Å². The SMILES string of the molecule is O=C(COCc1ccccc1Cl)N1CCN(c2ccccc2[N+](=O)[O-])CC1. The Bertz CT molecular complexity index is 822. The summed E-state index contributed by atoms with van der Waals surface area (Å²) in [5, 5.41) is 11.8. The molecule has 0 saturated carbocycles. The average molecular weight is 390 g/mol. The number of piperazine rings is 1. The van der Waals surface area contributed by atoms with Crippen molar-refractivity contribution in [3.8, 4) is 0 Å². The fraction of sp³-hybridized carbons (Fsp3) is 0.316. The third-order valence-electron chi connectivity index (χ3n) is 4.49. The van der Waals surface area contributed by atoms with Crippen LogP contribution in [0.1, 0.15) is 5.56 Å². The fourth-order valence-corrected chi connectivity index (χ4v) is 3.23. The van der Waals surface area contributed by atoms with Gasteiger partial charge in [0.05, 0.1) is 11.5 Å². The molecule has 1 amide bonds. The van der Waals surface area contributed by atoms with Crippen LogP contribution in [-0.4, -0.2) is 48.5 Å². The molecule has 3 rings (SSSR count). The van der Waals surface area contributed by atoms with Crippen molar-refractivity contribution in [3.63, 3.8) is 0 Å². The molecule has 2 aromatic rings. The van der Waals surface area contributed by atoms with E-state index in [1.165, 1.54) is 6.07 Å². The number of amides is 1. The molecule has 0 N–H and O–H groups in total. The highest BCUT2D eigenvalue weighted by atomic mass is 35.5. The van der Waals surface area contributed by atoms with E-state index < -0.39 is 0 Å². The summed E-state index contributed by atoms with van der Waals surface area (Å²) in [6.07, 6.45) is 0. The van der Waals surface area contributed by atoms with Crippen molar-refractivity contribution in [2.24, 2.45) is 0 Å². The van der Waals surface area contributed by atoms with Gasteiger partial charge in [0, 0.05) is 37.3 Å². The molecule has 7 nitrogen and oxygen atoms in total. The molecular formula is C19H20ClN3O4. The van der Waals surface area contributed by atoms with Crippen LogP contribution in [0.15, 0.2) is 48.5 Å². The minimum absolute atomic E-state index is 0.0172. The van der Waals surface area contributed by atoms with Gasteiger partial charge in [0.2, 0.25) is 5.91 Å². The van der Waals surface area contributed by atoms with Gasteiger partial charge in [-0.1, -0.05) is 41.9 Å². The maximum Gasteiger partial charge on any atom is 0.292 e. The zero-order chi connectivity index (χ0) is 19.2. The van der Waals surface area contributed by atoms with Crippen LogP contribution >= 0.6 is 11.6 Å². The Balaban J connectivity index is 1.50. The third kappa shape index (κ3) is 4.75.